The number of hydrogen-bond donors (Lipinski definition) is 0. The van der Waals surface area contributed by atoms with Crippen LogP contribution in [0.25, 0.3) is 0 Å². The number of hydrogen-bond acceptors (Lipinski definition) is 6. The molecule has 1 aromatic heterocycles. The second kappa shape index (κ2) is 10.0. The molecule has 1 amide bonds. The Balaban J connectivity index is 1.64. The van der Waals surface area contributed by atoms with Crippen LogP contribution in [0, 0.1) is 13.8 Å². The summed E-state index contributed by atoms with van der Waals surface area (Å²) >= 11 is 1.75. The van der Waals surface area contributed by atoms with Gasteiger partial charge >= 0.3 is 11.9 Å². The van der Waals surface area contributed by atoms with Crippen LogP contribution in [0.15, 0.2) is 35.2 Å². The Morgan fingerprint density at radius 1 is 1.16 bits per heavy atom. The molecule has 0 N–H and O–H groups in total. The highest BCUT2D eigenvalue weighted by Gasteiger charge is 2.25. The van der Waals surface area contributed by atoms with Gasteiger partial charge in [0.05, 0.1) is 17.9 Å². The van der Waals surface area contributed by atoms with Crippen LogP contribution < -0.4 is 4.90 Å². The van der Waals surface area contributed by atoms with Crippen molar-refractivity contribution >= 4 is 35.3 Å². The first-order chi connectivity index (χ1) is 14.8. The van der Waals surface area contributed by atoms with Gasteiger partial charge in [-0.1, -0.05) is 19.1 Å². The van der Waals surface area contributed by atoms with Gasteiger partial charge in [0.15, 0.2) is 6.61 Å². The number of fused-ring (bicyclic) bond motifs is 1. The fourth-order valence-electron chi connectivity index (χ4n) is 3.60. The number of rotatable bonds is 6. The van der Waals surface area contributed by atoms with Gasteiger partial charge < -0.3 is 18.9 Å². The van der Waals surface area contributed by atoms with Crippen molar-refractivity contribution in [1.29, 1.82) is 0 Å². The molecule has 1 aromatic carbocycles. The highest BCUT2D eigenvalue weighted by atomic mass is 32.2. The van der Waals surface area contributed by atoms with Crippen molar-refractivity contribution in [3.8, 4) is 0 Å². The zero-order chi connectivity index (χ0) is 22.5. The van der Waals surface area contributed by atoms with Crippen molar-refractivity contribution in [2.75, 3.05) is 24.7 Å². The molecule has 0 fully saturated rings. The van der Waals surface area contributed by atoms with E-state index in [1.807, 2.05) is 24.3 Å². The molecule has 1 unspecified atom stereocenters. The minimum Gasteiger partial charge on any atom is -0.462 e. The lowest BCUT2D eigenvalue weighted by atomic mass is 10.2. The molecule has 2 aromatic rings. The Labute approximate surface area is 186 Å². The van der Waals surface area contributed by atoms with Crippen molar-refractivity contribution in [2.24, 2.45) is 0 Å². The Morgan fingerprint density at radius 2 is 1.90 bits per heavy atom. The summed E-state index contributed by atoms with van der Waals surface area (Å²) < 4.78 is 12.0. The number of anilines is 1. The van der Waals surface area contributed by atoms with Gasteiger partial charge in [0.1, 0.15) is 6.54 Å². The fourth-order valence-corrected chi connectivity index (χ4v) is 4.71. The van der Waals surface area contributed by atoms with Crippen LogP contribution in [-0.2, 0) is 25.6 Å². The third-order valence-corrected chi connectivity index (χ3v) is 6.49. The summed E-state index contributed by atoms with van der Waals surface area (Å²) in [6, 6.07) is 9.48. The van der Waals surface area contributed by atoms with Gasteiger partial charge in [-0.15, -0.1) is 11.8 Å². The Bertz CT molecular complexity index is 984. The van der Waals surface area contributed by atoms with Crippen LogP contribution in [0.4, 0.5) is 5.69 Å². The van der Waals surface area contributed by atoms with Crippen LogP contribution in [0.2, 0.25) is 0 Å². The lowest BCUT2D eigenvalue weighted by molar-refractivity contribution is -0.148. The Morgan fingerprint density at radius 3 is 2.65 bits per heavy atom. The fraction of sp³-hybridized carbons (Fsp3) is 0.435. The maximum Gasteiger partial charge on any atom is 0.339 e. The quantitative estimate of drug-likeness (QED) is 0.632. The molecule has 3 rings (SSSR count). The molecule has 166 valence electrons. The molecule has 2 heterocycles. The van der Waals surface area contributed by atoms with Crippen LogP contribution in [0.1, 0.15) is 42.0 Å². The first-order valence-electron chi connectivity index (χ1n) is 10.4. The van der Waals surface area contributed by atoms with E-state index in [0.29, 0.717) is 23.1 Å². The summed E-state index contributed by atoms with van der Waals surface area (Å²) in [4.78, 5) is 40.1. The number of amides is 1. The number of ether oxygens (including phenoxy) is 2. The van der Waals surface area contributed by atoms with E-state index in [4.69, 9.17) is 9.47 Å². The molecule has 0 aliphatic carbocycles. The van der Waals surface area contributed by atoms with Crippen molar-refractivity contribution in [1.82, 2.24) is 4.57 Å². The number of nitrogens with zero attached hydrogens (tertiary/aromatic N) is 2. The average molecular weight is 445 g/mol. The van der Waals surface area contributed by atoms with Gasteiger partial charge in [-0.05, 0) is 45.4 Å². The lowest BCUT2D eigenvalue weighted by Crippen LogP contribution is -2.36. The van der Waals surface area contributed by atoms with Crippen LogP contribution in [0.5, 0.6) is 0 Å². The van der Waals surface area contributed by atoms with Gasteiger partial charge in [0.2, 0.25) is 0 Å². The van der Waals surface area contributed by atoms with E-state index in [1.165, 1.54) is 0 Å². The molecule has 1 atom stereocenters. The van der Waals surface area contributed by atoms with E-state index >= 15 is 0 Å². The smallest absolute Gasteiger partial charge is 0.339 e. The predicted molar refractivity (Wildman–Crippen MR) is 120 cm³/mol. The molecule has 31 heavy (non-hydrogen) atoms. The van der Waals surface area contributed by atoms with Crippen molar-refractivity contribution < 1.29 is 23.9 Å². The molecule has 0 bridgehead atoms. The van der Waals surface area contributed by atoms with Gasteiger partial charge in [-0.2, -0.15) is 0 Å². The van der Waals surface area contributed by atoms with E-state index in [9.17, 15) is 14.4 Å². The SMILES string of the molecule is CCOC(=O)c1cc(C)n(CC(=O)OCC(=O)N2CCC(C)Sc3ccccc32)c1C. The van der Waals surface area contributed by atoms with Crippen LogP contribution >= 0.6 is 11.8 Å². The van der Waals surface area contributed by atoms with Crippen molar-refractivity contribution in [3.63, 3.8) is 0 Å². The number of para-hydroxylation sites is 1. The molecule has 0 radical (unpaired) electrons. The molecule has 1 aliphatic rings. The highest BCUT2D eigenvalue weighted by molar-refractivity contribution is 8.00. The number of esters is 2. The molecule has 1 aliphatic heterocycles. The molecule has 0 saturated heterocycles. The van der Waals surface area contributed by atoms with Crippen molar-refractivity contribution in [3.05, 3.63) is 47.3 Å². The Hall–Kier alpha value is -2.74. The summed E-state index contributed by atoms with van der Waals surface area (Å²) in [5.41, 5.74) is 2.66. The van der Waals surface area contributed by atoms with E-state index in [2.05, 4.69) is 6.92 Å². The molecule has 8 heteroatoms. The first-order valence-corrected chi connectivity index (χ1v) is 11.2. The van der Waals surface area contributed by atoms with E-state index < -0.39 is 11.9 Å². The maximum atomic E-state index is 12.8. The number of carbonyl (C=O) groups excluding carboxylic acids is 3. The average Bonchev–Trinajstić information content (AvgIpc) is 2.91. The minimum atomic E-state index is -0.531. The van der Waals surface area contributed by atoms with Gasteiger partial charge in [-0.25, -0.2) is 4.79 Å². The van der Waals surface area contributed by atoms with E-state index in [-0.39, 0.29) is 25.7 Å². The summed E-state index contributed by atoms with van der Waals surface area (Å²) in [5.74, 6) is -1.20. The molecular weight excluding hydrogens is 416 g/mol. The largest absolute Gasteiger partial charge is 0.462 e. The van der Waals surface area contributed by atoms with Crippen LogP contribution in [0.3, 0.4) is 0 Å². The molecular formula is C23H28N2O5S. The minimum absolute atomic E-state index is 0.0756. The third kappa shape index (κ3) is 5.31. The van der Waals surface area contributed by atoms with Gasteiger partial charge in [0, 0.05) is 28.1 Å². The first kappa shape index (κ1) is 22.9. The number of thioether (sulfide) groups is 1. The summed E-state index contributed by atoms with van der Waals surface area (Å²) in [5, 5.41) is 0.398. The third-order valence-electron chi connectivity index (χ3n) is 5.26. The zero-order valence-corrected chi connectivity index (χ0v) is 19.2. The molecule has 0 saturated carbocycles. The second-order valence-electron chi connectivity index (χ2n) is 7.48. The zero-order valence-electron chi connectivity index (χ0n) is 18.3. The van der Waals surface area contributed by atoms with E-state index in [1.54, 1.807) is 48.1 Å². The maximum absolute atomic E-state index is 12.8. The molecule has 7 nitrogen and oxygen atoms in total. The van der Waals surface area contributed by atoms with Crippen LogP contribution in [-0.4, -0.2) is 47.4 Å². The number of aromatic nitrogens is 1. The normalized spacial score (nSPS) is 15.7. The second-order valence-corrected chi connectivity index (χ2v) is 8.96. The highest BCUT2D eigenvalue weighted by Crippen LogP contribution is 2.37. The summed E-state index contributed by atoms with van der Waals surface area (Å²) in [6.07, 6.45) is 0.859. The molecule has 0 spiro atoms. The number of benzene rings is 1. The van der Waals surface area contributed by atoms with Gasteiger partial charge in [-0.3, -0.25) is 9.59 Å². The van der Waals surface area contributed by atoms with Crippen molar-refractivity contribution in [2.45, 2.75) is 50.8 Å². The summed E-state index contributed by atoms with van der Waals surface area (Å²) in [6.45, 7) is 7.91. The predicted octanol–water partition coefficient (Wildman–Crippen LogP) is 3.74. The Kier molecular flexibility index (Phi) is 7.43. The van der Waals surface area contributed by atoms with Gasteiger partial charge in [0.25, 0.3) is 5.91 Å². The number of aryl methyl sites for hydroxylation is 1. The topological polar surface area (TPSA) is 77.8 Å². The summed E-state index contributed by atoms with van der Waals surface area (Å²) in [7, 11) is 0. The standard InChI is InChI=1S/C23H28N2O5S/c1-5-29-23(28)18-12-15(2)25(17(18)4)13-22(27)30-14-21(26)24-11-10-16(3)31-20-9-7-6-8-19(20)24/h6-9,12,16H,5,10-11,13-14H2,1-4H3. The number of carbonyl (C=O) groups is 3. The monoisotopic (exact) mass is 444 g/mol. The van der Waals surface area contributed by atoms with E-state index in [0.717, 1.165) is 22.7 Å². The lowest BCUT2D eigenvalue weighted by Gasteiger charge is -2.22.